The van der Waals surface area contributed by atoms with Crippen LogP contribution in [0.25, 0.3) is 0 Å². The second kappa shape index (κ2) is 5.87. The van der Waals surface area contributed by atoms with Crippen LogP contribution in [0.1, 0.15) is 6.92 Å². The summed E-state index contributed by atoms with van der Waals surface area (Å²) in [5, 5.41) is 10.5. The fraction of sp³-hybridized carbons (Fsp3) is 0.875. The Hall–Kier alpha value is -0.750. The van der Waals surface area contributed by atoms with E-state index < -0.39 is 19.1 Å². The summed E-state index contributed by atoms with van der Waals surface area (Å²) >= 11 is 0. The van der Waals surface area contributed by atoms with Gasteiger partial charge in [0.2, 0.25) is 5.91 Å². The Morgan fingerprint density at radius 1 is 1.57 bits per heavy atom. The molecule has 0 aliphatic carbocycles. The van der Waals surface area contributed by atoms with Crippen LogP contribution >= 0.6 is 0 Å². The summed E-state index contributed by atoms with van der Waals surface area (Å²) in [7, 11) is 1.59. The first-order valence-corrected chi connectivity index (χ1v) is 4.36. The summed E-state index contributed by atoms with van der Waals surface area (Å²) < 4.78 is 24.9. The van der Waals surface area contributed by atoms with Gasteiger partial charge in [-0.1, -0.05) is 0 Å². The van der Waals surface area contributed by atoms with Gasteiger partial charge in [-0.3, -0.25) is 4.79 Å². The van der Waals surface area contributed by atoms with Crippen LogP contribution < -0.4 is 5.32 Å². The molecule has 0 rings (SSSR count). The molecular weight excluding hydrogens is 194 g/mol. The lowest BCUT2D eigenvalue weighted by atomic mass is 10.3. The molecule has 0 saturated heterocycles. The molecule has 0 saturated carbocycles. The minimum Gasteiger partial charge on any atom is -0.390 e. The molecule has 0 unspecified atom stereocenters. The number of nitrogens with one attached hydrogen (secondary N) is 1. The number of likely N-dealkylation sites (N-methyl/N-ethyl adjacent to an activating group) is 1. The Bertz CT molecular complexity index is 188. The number of aliphatic hydroxyl groups excluding tert-OH is 1. The topological polar surface area (TPSA) is 52.6 Å². The third kappa shape index (κ3) is 5.08. The van der Waals surface area contributed by atoms with Crippen molar-refractivity contribution in [2.24, 2.45) is 0 Å². The molecule has 0 aromatic heterocycles. The lowest BCUT2D eigenvalue weighted by Crippen LogP contribution is -2.41. The SMILES string of the molecule is CCN(C)C(=O)CNCC(F)(F)CO. The first-order chi connectivity index (χ1) is 6.43. The molecule has 0 atom stereocenters. The quantitative estimate of drug-likeness (QED) is 0.632. The normalized spacial score (nSPS) is 11.5. The Morgan fingerprint density at radius 2 is 2.14 bits per heavy atom. The van der Waals surface area contributed by atoms with Crippen molar-refractivity contribution in [2.75, 3.05) is 33.3 Å². The summed E-state index contributed by atoms with van der Waals surface area (Å²) in [6.07, 6.45) is 0. The van der Waals surface area contributed by atoms with Crippen LogP contribution in [0.3, 0.4) is 0 Å². The summed E-state index contributed by atoms with van der Waals surface area (Å²) in [5.74, 6) is -3.41. The van der Waals surface area contributed by atoms with Crippen LogP contribution in [0.5, 0.6) is 0 Å². The number of aliphatic hydroxyl groups is 1. The van der Waals surface area contributed by atoms with Crippen molar-refractivity contribution in [1.29, 1.82) is 0 Å². The monoisotopic (exact) mass is 210 g/mol. The molecule has 0 aliphatic rings. The second-order valence-corrected chi connectivity index (χ2v) is 3.03. The van der Waals surface area contributed by atoms with Crippen molar-refractivity contribution in [3.8, 4) is 0 Å². The van der Waals surface area contributed by atoms with Gasteiger partial charge in [-0.25, -0.2) is 8.78 Å². The van der Waals surface area contributed by atoms with E-state index in [9.17, 15) is 13.6 Å². The molecular formula is C8H16F2N2O2. The Balaban J connectivity index is 3.69. The molecule has 0 fully saturated rings. The van der Waals surface area contributed by atoms with Crippen LogP contribution in [0.4, 0.5) is 8.78 Å². The van der Waals surface area contributed by atoms with Gasteiger partial charge in [0.25, 0.3) is 5.92 Å². The maximum atomic E-state index is 12.4. The first-order valence-electron chi connectivity index (χ1n) is 4.36. The number of carbonyl (C=O) groups excluding carboxylic acids is 1. The van der Waals surface area contributed by atoms with Crippen LogP contribution in [-0.4, -0.2) is 55.1 Å². The highest BCUT2D eigenvalue weighted by molar-refractivity contribution is 5.77. The number of halogens is 2. The van der Waals surface area contributed by atoms with Gasteiger partial charge in [-0.05, 0) is 6.92 Å². The largest absolute Gasteiger partial charge is 0.390 e. The van der Waals surface area contributed by atoms with Gasteiger partial charge in [-0.15, -0.1) is 0 Å². The highest BCUT2D eigenvalue weighted by Crippen LogP contribution is 2.09. The average molecular weight is 210 g/mol. The number of hydrogen-bond acceptors (Lipinski definition) is 3. The van der Waals surface area contributed by atoms with Crippen molar-refractivity contribution in [3.05, 3.63) is 0 Å². The lowest BCUT2D eigenvalue weighted by Gasteiger charge is -2.17. The number of hydrogen-bond donors (Lipinski definition) is 2. The van der Waals surface area contributed by atoms with Crippen molar-refractivity contribution in [2.45, 2.75) is 12.8 Å². The van der Waals surface area contributed by atoms with E-state index in [1.807, 2.05) is 0 Å². The second-order valence-electron chi connectivity index (χ2n) is 3.03. The lowest BCUT2D eigenvalue weighted by molar-refractivity contribution is -0.129. The van der Waals surface area contributed by atoms with E-state index in [4.69, 9.17) is 5.11 Å². The first kappa shape index (κ1) is 13.2. The molecule has 84 valence electrons. The molecule has 0 aliphatic heterocycles. The molecule has 0 aromatic carbocycles. The molecule has 2 N–H and O–H groups in total. The Kier molecular flexibility index (Phi) is 5.56. The molecule has 14 heavy (non-hydrogen) atoms. The average Bonchev–Trinajstić information content (AvgIpc) is 2.16. The van der Waals surface area contributed by atoms with E-state index in [-0.39, 0.29) is 12.5 Å². The third-order valence-electron chi connectivity index (χ3n) is 1.79. The van der Waals surface area contributed by atoms with Gasteiger partial charge in [-0.2, -0.15) is 0 Å². The van der Waals surface area contributed by atoms with E-state index in [2.05, 4.69) is 5.32 Å². The zero-order chi connectivity index (χ0) is 11.2. The van der Waals surface area contributed by atoms with E-state index >= 15 is 0 Å². The van der Waals surface area contributed by atoms with Gasteiger partial charge in [0.1, 0.15) is 6.61 Å². The molecule has 1 amide bonds. The zero-order valence-electron chi connectivity index (χ0n) is 8.39. The number of nitrogens with zero attached hydrogens (tertiary/aromatic N) is 1. The minimum atomic E-state index is -3.16. The van der Waals surface area contributed by atoms with Crippen molar-refractivity contribution in [3.63, 3.8) is 0 Å². The summed E-state index contributed by atoms with van der Waals surface area (Å²) in [5.41, 5.74) is 0. The van der Waals surface area contributed by atoms with Crippen molar-refractivity contribution >= 4 is 5.91 Å². The fourth-order valence-electron chi connectivity index (χ4n) is 0.720. The third-order valence-corrected chi connectivity index (χ3v) is 1.79. The Morgan fingerprint density at radius 3 is 2.57 bits per heavy atom. The van der Waals surface area contributed by atoms with Gasteiger partial charge in [0.05, 0.1) is 13.1 Å². The fourth-order valence-corrected chi connectivity index (χ4v) is 0.720. The summed E-state index contributed by atoms with van der Waals surface area (Å²) in [6.45, 7) is 0.293. The van der Waals surface area contributed by atoms with E-state index in [0.717, 1.165) is 0 Å². The van der Waals surface area contributed by atoms with Crippen molar-refractivity contribution < 1.29 is 18.7 Å². The summed E-state index contributed by atoms with van der Waals surface area (Å²) in [4.78, 5) is 12.5. The minimum absolute atomic E-state index is 0.139. The maximum absolute atomic E-state index is 12.4. The molecule has 0 radical (unpaired) electrons. The number of amides is 1. The molecule has 6 heteroatoms. The number of carbonyl (C=O) groups is 1. The maximum Gasteiger partial charge on any atom is 0.282 e. The van der Waals surface area contributed by atoms with Gasteiger partial charge < -0.3 is 15.3 Å². The highest BCUT2D eigenvalue weighted by Gasteiger charge is 2.27. The van der Waals surface area contributed by atoms with Crippen molar-refractivity contribution in [1.82, 2.24) is 10.2 Å². The predicted molar refractivity (Wildman–Crippen MR) is 48.2 cm³/mol. The Labute approximate surface area is 81.9 Å². The van der Waals surface area contributed by atoms with E-state index in [0.29, 0.717) is 6.54 Å². The molecule has 0 spiro atoms. The van der Waals surface area contributed by atoms with Crippen LogP contribution in [0.15, 0.2) is 0 Å². The molecule has 0 bridgehead atoms. The van der Waals surface area contributed by atoms with E-state index in [1.54, 1.807) is 14.0 Å². The smallest absolute Gasteiger partial charge is 0.282 e. The van der Waals surface area contributed by atoms with Gasteiger partial charge in [0.15, 0.2) is 0 Å². The van der Waals surface area contributed by atoms with Gasteiger partial charge >= 0.3 is 0 Å². The van der Waals surface area contributed by atoms with Crippen LogP contribution in [0.2, 0.25) is 0 Å². The summed E-state index contributed by atoms with van der Waals surface area (Å²) in [6, 6.07) is 0. The van der Waals surface area contributed by atoms with Crippen LogP contribution in [0, 0.1) is 0 Å². The number of rotatable bonds is 6. The predicted octanol–water partition coefficient (Wildman–Crippen LogP) is -0.318. The molecule has 4 nitrogen and oxygen atoms in total. The zero-order valence-corrected chi connectivity index (χ0v) is 8.39. The molecule has 0 aromatic rings. The van der Waals surface area contributed by atoms with Crippen LogP contribution in [-0.2, 0) is 4.79 Å². The standard InChI is InChI=1S/C8H16F2N2O2/c1-3-12(2)7(14)4-11-5-8(9,10)6-13/h11,13H,3-6H2,1-2H3. The van der Waals surface area contributed by atoms with E-state index in [1.165, 1.54) is 4.90 Å². The molecule has 0 heterocycles. The van der Waals surface area contributed by atoms with Gasteiger partial charge in [0, 0.05) is 13.6 Å². The highest BCUT2D eigenvalue weighted by atomic mass is 19.3. The number of alkyl halides is 2.